The first kappa shape index (κ1) is 20.3. The minimum Gasteiger partial charge on any atom is -0.465 e. The molecule has 1 aromatic heterocycles. The molecule has 0 unspecified atom stereocenters. The summed E-state index contributed by atoms with van der Waals surface area (Å²) in [6.07, 6.45) is 2.58. The third kappa shape index (κ3) is 3.11. The number of hydrogen-bond acceptors (Lipinski definition) is 6. The maximum Gasteiger partial charge on any atom is 0.341 e. The number of nitrogens with zero attached hydrogens (tertiary/aromatic N) is 1. The number of aryl methyl sites for hydroxylation is 1. The van der Waals surface area contributed by atoms with Crippen LogP contribution in [0.1, 0.15) is 61.8 Å². The third-order valence-corrected chi connectivity index (χ3v) is 6.76. The van der Waals surface area contributed by atoms with E-state index in [2.05, 4.69) is 5.32 Å². The van der Waals surface area contributed by atoms with Gasteiger partial charge in [-0.2, -0.15) is 0 Å². The zero-order valence-corrected chi connectivity index (χ0v) is 17.8. The Kier molecular flexibility index (Phi) is 5.19. The summed E-state index contributed by atoms with van der Waals surface area (Å²) in [7, 11) is 1.31. The molecule has 4 rings (SSSR count). The average molecular weight is 426 g/mol. The van der Waals surface area contributed by atoms with Crippen molar-refractivity contribution < 1.29 is 23.9 Å². The molecule has 0 spiro atoms. The number of anilines is 1. The average Bonchev–Trinajstić information content (AvgIpc) is 3.36. The van der Waals surface area contributed by atoms with Gasteiger partial charge < -0.3 is 10.1 Å². The van der Waals surface area contributed by atoms with Crippen molar-refractivity contribution in [1.82, 2.24) is 4.90 Å². The highest BCUT2D eigenvalue weighted by Crippen LogP contribution is 2.40. The molecule has 0 radical (unpaired) electrons. The van der Waals surface area contributed by atoms with Gasteiger partial charge in [0.25, 0.3) is 11.8 Å². The smallest absolute Gasteiger partial charge is 0.341 e. The molecule has 1 aromatic carbocycles. The SMILES string of the molecule is COC(=O)c1c(NC(=O)[C@H](C(C)C)N2C(=O)c3ccccc3C2=O)sc2c1CCC2. The van der Waals surface area contributed by atoms with E-state index >= 15 is 0 Å². The molecule has 2 aliphatic rings. The minimum absolute atomic E-state index is 0.297. The summed E-state index contributed by atoms with van der Waals surface area (Å²) in [5.74, 6) is -2.27. The third-order valence-electron chi connectivity index (χ3n) is 5.55. The molecular weight excluding hydrogens is 404 g/mol. The van der Waals surface area contributed by atoms with Crippen LogP contribution < -0.4 is 5.32 Å². The van der Waals surface area contributed by atoms with Gasteiger partial charge in [-0.25, -0.2) is 4.79 Å². The second kappa shape index (κ2) is 7.68. The van der Waals surface area contributed by atoms with Crippen molar-refractivity contribution in [3.63, 3.8) is 0 Å². The Labute approximate surface area is 178 Å². The monoisotopic (exact) mass is 426 g/mol. The first-order chi connectivity index (χ1) is 14.3. The molecule has 156 valence electrons. The number of hydrogen-bond donors (Lipinski definition) is 1. The van der Waals surface area contributed by atoms with Crippen molar-refractivity contribution in [3.8, 4) is 0 Å². The number of esters is 1. The highest BCUT2D eigenvalue weighted by atomic mass is 32.1. The van der Waals surface area contributed by atoms with E-state index in [9.17, 15) is 19.2 Å². The van der Waals surface area contributed by atoms with Crippen LogP contribution in [0.25, 0.3) is 0 Å². The van der Waals surface area contributed by atoms with Crippen molar-refractivity contribution in [1.29, 1.82) is 0 Å². The number of thiophene rings is 1. The molecule has 0 fully saturated rings. The summed E-state index contributed by atoms with van der Waals surface area (Å²) in [6.45, 7) is 3.56. The largest absolute Gasteiger partial charge is 0.465 e. The molecule has 2 aromatic rings. The van der Waals surface area contributed by atoms with E-state index in [1.54, 1.807) is 38.1 Å². The number of nitrogens with one attached hydrogen (secondary N) is 1. The highest BCUT2D eigenvalue weighted by Gasteiger charge is 2.44. The van der Waals surface area contributed by atoms with Crippen LogP contribution in [0.3, 0.4) is 0 Å². The van der Waals surface area contributed by atoms with Gasteiger partial charge in [-0.1, -0.05) is 26.0 Å². The van der Waals surface area contributed by atoms with Crippen LogP contribution in [0, 0.1) is 5.92 Å². The lowest BCUT2D eigenvalue weighted by Gasteiger charge is -2.28. The fraction of sp³-hybridized carbons (Fsp3) is 0.364. The van der Waals surface area contributed by atoms with Gasteiger partial charge in [0, 0.05) is 4.88 Å². The Morgan fingerprint density at radius 1 is 1.10 bits per heavy atom. The Morgan fingerprint density at radius 3 is 2.30 bits per heavy atom. The maximum atomic E-state index is 13.3. The van der Waals surface area contributed by atoms with Gasteiger partial charge in [0.05, 0.1) is 23.8 Å². The van der Waals surface area contributed by atoms with Crippen molar-refractivity contribution in [3.05, 3.63) is 51.4 Å². The summed E-state index contributed by atoms with van der Waals surface area (Å²) in [4.78, 5) is 53.5. The fourth-order valence-electron chi connectivity index (χ4n) is 4.17. The van der Waals surface area contributed by atoms with Gasteiger partial charge in [0.2, 0.25) is 5.91 Å². The van der Waals surface area contributed by atoms with Gasteiger partial charge >= 0.3 is 5.97 Å². The van der Waals surface area contributed by atoms with Crippen molar-refractivity contribution >= 4 is 40.0 Å². The zero-order chi connectivity index (χ0) is 21.6. The quantitative estimate of drug-likeness (QED) is 0.585. The maximum absolute atomic E-state index is 13.3. The van der Waals surface area contributed by atoms with Crippen LogP contribution in [0.15, 0.2) is 24.3 Å². The molecule has 1 N–H and O–H groups in total. The van der Waals surface area contributed by atoms with E-state index in [0.29, 0.717) is 21.7 Å². The number of amides is 3. The molecule has 0 bridgehead atoms. The molecule has 1 atom stereocenters. The lowest BCUT2D eigenvalue weighted by molar-refractivity contribution is -0.121. The summed E-state index contributed by atoms with van der Waals surface area (Å²) in [5.41, 5.74) is 1.90. The topological polar surface area (TPSA) is 92.8 Å². The van der Waals surface area contributed by atoms with E-state index in [4.69, 9.17) is 4.74 Å². The Bertz CT molecular complexity index is 1040. The predicted molar refractivity (Wildman–Crippen MR) is 112 cm³/mol. The lowest BCUT2D eigenvalue weighted by Crippen LogP contribution is -2.50. The molecule has 3 amide bonds. The fourth-order valence-corrected chi connectivity index (χ4v) is 5.46. The summed E-state index contributed by atoms with van der Waals surface area (Å²) < 4.78 is 4.92. The number of methoxy groups -OCH3 is 1. The molecule has 8 heteroatoms. The van der Waals surface area contributed by atoms with Gasteiger partial charge in [0.15, 0.2) is 0 Å². The zero-order valence-electron chi connectivity index (χ0n) is 17.0. The second-order valence-electron chi connectivity index (χ2n) is 7.76. The normalized spacial score (nSPS) is 15.9. The van der Waals surface area contributed by atoms with Crippen LogP contribution in [0.2, 0.25) is 0 Å². The first-order valence-electron chi connectivity index (χ1n) is 9.85. The van der Waals surface area contributed by atoms with Gasteiger partial charge in [-0.05, 0) is 42.9 Å². The van der Waals surface area contributed by atoms with Gasteiger partial charge in [0.1, 0.15) is 11.0 Å². The highest BCUT2D eigenvalue weighted by molar-refractivity contribution is 7.17. The molecule has 0 saturated carbocycles. The van der Waals surface area contributed by atoms with Crippen LogP contribution in [0.5, 0.6) is 0 Å². The Morgan fingerprint density at radius 2 is 1.73 bits per heavy atom. The summed E-state index contributed by atoms with van der Waals surface area (Å²) in [6, 6.07) is 5.55. The molecule has 1 aliphatic carbocycles. The van der Waals surface area contributed by atoms with Gasteiger partial charge in [-0.15, -0.1) is 11.3 Å². The van der Waals surface area contributed by atoms with Crippen LogP contribution in [0.4, 0.5) is 5.00 Å². The molecule has 30 heavy (non-hydrogen) atoms. The van der Waals surface area contributed by atoms with Gasteiger partial charge in [-0.3, -0.25) is 19.3 Å². The minimum atomic E-state index is -1.00. The number of ether oxygens (including phenoxy) is 1. The number of benzene rings is 1. The number of fused-ring (bicyclic) bond motifs is 2. The first-order valence-corrected chi connectivity index (χ1v) is 10.7. The van der Waals surface area contributed by atoms with Crippen LogP contribution in [-0.4, -0.2) is 41.7 Å². The summed E-state index contributed by atoms with van der Waals surface area (Å²) >= 11 is 1.36. The standard InChI is InChI=1S/C22H22N2O5S/c1-11(2)17(24-20(26)12-7-4-5-8-13(12)21(24)27)18(25)23-19-16(22(28)29-3)14-9-6-10-15(14)30-19/h4-5,7-8,11,17H,6,9-10H2,1-3H3,(H,23,25)/t17-/m0/s1. The van der Waals surface area contributed by atoms with Crippen molar-refractivity contribution in [2.24, 2.45) is 5.92 Å². The molecule has 1 aliphatic heterocycles. The molecule has 0 saturated heterocycles. The van der Waals surface area contributed by atoms with Crippen molar-refractivity contribution in [2.75, 3.05) is 12.4 Å². The lowest BCUT2D eigenvalue weighted by atomic mass is 10.0. The van der Waals surface area contributed by atoms with E-state index < -0.39 is 29.7 Å². The van der Waals surface area contributed by atoms with E-state index in [1.807, 2.05) is 0 Å². The van der Waals surface area contributed by atoms with E-state index in [1.165, 1.54) is 18.4 Å². The number of rotatable bonds is 5. The summed E-state index contributed by atoms with van der Waals surface area (Å²) in [5, 5.41) is 3.23. The van der Waals surface area contributed by atoms with Crippen LogP contribution in [-0.2, 0) is 22.4 Å². The predicted octanol–water partition coefficient (Wildman–Crippen LogP) is 3.28. The number of imide groups is 1. The van der Waals surface area contributed by atoms with E-state index in [0.717, 1.165) is 34.6 Å². The van der Waals surface area contributed by atoms with Crippen molar-refractivity contribution in [2.45, 2.75) is 39.2 Å². The molecular formula is C22H22N2O5S. The Balaban J connectivity index is 1.66. The molecule has 7 nitrogen and oxygen atoms in total. The number of carbonyl (C=O) groups excluding carboxylic acids is 4. The second-order valence-corrected chi connectivity index (χ2v) is 8.86. The molecule has 2 heterocycles. The number of carbonyl (C=O) groups is 4. The van der Waals surface area contributed by atoms with Crippen LogP contribution >= 0.6 is 11.3 Å². The Hall–Kier alpha value is -3.00. The van der Waals surface area contributed by atoms with E-state index in [-0.39, 0.29) is 5.92 Å².